The molecule has 0 radical (unpaired) electrons. The van der Waals surface area contributed by atoms with Crippen LogP contribution in [0.15, 0.2) is 70.3 Å². The number of carbonyl (C=O) groups is 1. The maximum absolute atomic E-state index is 12.9. The summed E-state index contributed by atoms with van der Waals surface area (Å²) in [5.41, 5.74) is 3.17. The monoisotopic (exact) mass is 398 g/mol. The van der Waals surface area contributed by atoms with Crippen LogP contribution in [0.25, 0.3) is 0 Å². The van der Waals surface area contributed by atoms with Crippen molar-refractivity contribution in [2.24, 2.45) is 0 Å². The Hall–Kier alpha value is -2.64. The zero-order valence-corrected chi connectivity index (χ0v) is 16.3. The van der Waals surface area contributed by atoms with Gasteiger partial charge < -0.3 is 4.90 Å². The Kier molecular flexibility index (Phi) is 4.49. The second kappa shape index (κ2) is 6.83. The van der Waals surface area contributed by atoms with Gasteiger partial charge in [0, 0.05) is 24.8 Å². The summed E-state index contributed by atoms with van der Waals surface area (Å²) in [6, 6.07) is 17.9. The first kappa shape index (κ1) is 17.8. The average Bonchev–Trinajstić information content (AvgIpc) is 3.37. The van der Waals surface area contributed by atoms with E-state index in [1.807, 2.05) is 24.3 Å². The Morgan fingerprint density at radius 2 is 1.78 bits per heavy atom. The molecular weight excluding hydrogens is 380 g/mol. The summed E-state index contributed by atoms with van der Waals surface area (Å²) in [6.07, 6.45) is 0.849. The van der Waals surface area contributed by atoms with Crippen LogP contribution in [-0.4, -0.2) is 27.9 Å². The first-order valence-corrected chi connectivity index (χ1v) is 10.8. The number of carbonyl (C=O) groups excluding carboxylic acids is 1. The van der Waals surface area contributed by atoms with Gasteiger partial charge >= 0.3 is 0 Å². The minimum atomic E-state index is -3.58. The lowest BCUT2D eigenvalue weighted by atomic mass is 10.1. The highest BCUT2D eigenvalue weighted by atomic mass is 32.2. The summed E-state index contributed by atoms with van der Waals surface area (Å²) < 4.78 is 26.8. The number of thiophene rings is 1. The number of amides is 1. The largest absolute Gasteiger partial charge is 0.308 e. The molecule has 0 unspecified atom stereocenters. The van der Waals surface area contributed by atoms with Gasteiger partial charge in [0.2, 0.25) is 0 Å². The van der Waals surface area contributed by atoms with Gasteiger partial charge in [0.15, 0.2) is 0 Å². The van der Waals surface area contributed by atoms with Crippen LogP contribution in [0.5, 0.6) is 0 Å². The van der Waals surface area contributed by atoms with E-state index in [0.717, 1.165) is 12.1 Å². The number of rotatable bonds is 4. The van der Waals surface area contributed by atoms with Crippen molar-refractivity contribution in [3.8, 4) is 0 Å². The first-order valence-electron chi connectivity index (χ1n) is 8.51. The van der Waals surface area contributed by atoms with E-state index < -0.39 is 10.0 Å². The van der Waals surface area contributed by atoms with Crippen LogP contribution in [0.3, 0.4) is 0 Å². The zero-order valence-electron chi connectivity index (χ0n) is 14.7. The molecular formula is C20H18N2O3S2. The lowest BCUT2D eigenvalue weighted by molar-refractivity contribution is 0.0989. The number of sulfonamides is 1. The van der Waals surface area contributed by atoms with Gasteiger partial charge in [-0.1, -0.05) is 24.3 Å². The van der Waals surface area contributed by atoms with Gasteiger partial charge in [-0.25, -0.2) is 8.42 Å². The number of nitrogens with zero attached hydrogens (tertiary/aromatic N) is 2. The lowest BCUT2D eigenvalue weighted by Gasteiger charge is -2.20. The molecule has 5 nitrogen and oxygen atoms in total. The van der Waals surface area contributed by atoms with Crippen molar-refractivity contribution >= 4 is 38.6 Å². The van der Waals surface area contributed by atoms with E-state index >= 15 is 0 Å². The summed E-state index contributed by atoms with van der Waals surface area (Å²) in [7, 11) is -2.06. The molecule has 0 fully saturated rings. The third-order valence-corrected chi connectivity index (χ3v) is 7.88. The summed E-state index contributed by atoms with van der Waals surface area (Å²) >= 11 is 1.18. The van der Waals surface area contributed by atoms with Crippen LogP contribution in [-0.2, 0) is 16.4 Å². The van der Waals surface area contributed by atoms with Gasteiger partial charge in [0.05, 0.1) is 5.69 Å². The highest BCUT2D eigenvalue weighted by Crippen LogP contribution is 2.30. The normalized spacial score (nSPS) is 13.4. The Labute approximate surface area is 162 Å². The fourth-order valence-corrected chi connectivity index (χ4v) is 5.56. The topological polar surface area (TPSA) is 57.7 Å². The second-order valence-electron chi connectivity index (χ2n) is 6.29. The Balaban J connectivity index is 1.57. The van der Waals surface area contributed by atoms with Gasteiger partial charge in [0.25, 0.3) is 15.9 Å². The minimum absolute atomic E-state index is 0.0738. The van der Waals surface area contributed by atoms with E-state index in [9.17, 15) is 13.2 Å². The second-order valence-corrected chi connectivity index (χ2v) is 9.43. The summed E-state index contributed by atoms with van der Waals surface area (Å²) in [4.78, 5) is 14.6. The van der Waals surface area contributed by atoms with E-state index in [1.54, 1.807) is 46.7 Å². The maximum atomic E-state index is 12.9. The van der Waals surface area contributed by atoms with Crippen molar-refractivity contribution in [1.29, 1.82) is 0 Å². The first-order chi connectivity index (χ1) is 13.0. The number of anilines is 2. The molecule has 0 bridgehead atoms. The van der Waals surface area contributed by atoms with Crippen LogP contribution in [0, 0.1) is 0 Å². The van der Waals surface area contributed by atoms with Crippen LogP contribution >= 0.6 is 11.3 Å². The number of hydrogen-bond donors (Lipinski definition) is 0. The van der Waals surface area contributed by atoms with Crippen molar-refractivity contribution in [3.63, 3.8) is 0 Å². The fraction of sp³-hybridized carbons (Fsp3) is 0.150. The lowest BCUT2D eigenvalue weighted by Crippen LogP contribution is -2.29. The molecule has 0 atom stereocenters. The molecule has 3 aromatic rings. The van der Waals surface area contributed by atoms with Crippen molar-refractivity contribution in [2.45, 2.75) is 10.6 Å². The third kappa shape index (κ3) is 3.13. The smallest absolute Gasteiger partial charge is 0.273 e. The van der Waals surface area contributed by atoms with Crippen molar-refractivity contribution in [2.75, 3.05) is 22.8 Å². The van der Waals surface area contributed by atoms with Crippen molar-refractivity contribution in [1.82, 2.24) is 0 Å². The average molecular weight is 399 g/mol. The quantitative estimate of drug-likeness (QED) is 0.672. The van der Waals surface area contributed by atoms with E-state index in [0.29, 0.717) is 22.0 Å². The zero-order chi connectivity index (χ0) is 19.0. The van der Waals surface area contributed by atoms with Gasteiger partial charge in [0.1, 0.15) is 4.21 Å². The maximum Gasteiger partial charge on any atom is 0.273 e. The predicted octanol–water partition coefficient (Wildman–Crippen LogP) is 3.78. The molecule has 1 aliphatic rings. The van der Waals surface area contributed by atoms with Crippen LogP contribution in [0.4, 0.5) is 11.4 Å². The molecule has 0 saturated carbocycles. The highest BCUT2D eigenvalue weighted by molar-refractivity contribution is 7.94. The SMILES string of the molecule is CN(c1ccc(C(=O)N2CCc3ccccc32)cc1)S(=O)(=O)c1cccs1. The molecule has 0 N–H and O–H groups in total. The third-order valence-electron chi connectivity index (χ3n) is 4.72. The molecule has 0 spiro atoms. The molecule has 4 rings (SSSR count). The standard InChI is InChI=1S/C20H18N2O3S2/c1-21(27(24,25)19-7-4-14-26-19)17-10-8-16(9-11-17)20(23)22-13-12-15-5-2-3-6-18(15)22/h2-11,14H,12-13H2,1H3. The van der Waals surface area contributed by atoms with Gasteiger partial charge in [-0.05, 0) is 53.8 Å². The Morgan fingerprint density at radius 1 is 1.04 bits per heavy atom. The van der Waals surface area contributed by atoms with Crippen molar-refractivity contribution in [3.05, 3.63) is 77.2 Å². The van der Waals surface area contributed by atoms with Crippen molar-refractivity contribution < 1.29 is 13.2 Å². The van der Waals surface area contributed by atoms with E-state index in [4.69, 9.17) is 0 Å². The van der Waals surface area contributed by atoms with Crippen LogP contribution in [0.1, 0.15) is 15.9 Å². The molecule has 2 heterocycles. The van der Waals surface area contributed by atoms with Crippen LogP contribution < -0.4 is 9.21 Å². The van der Waals surface area contributed by atoms with Crippen LogP contribution in [0.2, 0.25) is 0 Å². The highest BCUT2D eigenvalue weighted by Gasteiger charge is 2.26. The minimum Gasteiger partial charge on any atom is -0.308 e. The molecule has 0 saturated heterocycles. The number of benzene rings is 2. The van der Waals surface area contributed by atoms with E-state index in [-0.39, 0.29) is 5.91 Å². The molecule has 7 heteroatoms. The molecule has 27 heavy (non-hydrogen) atoms. The van der Waals surface area contributed by atoms with Gasteiger partial charge in [-0.3, -0.25) is 9.10 Å². The molecule has 0 aliphatic carbocycles. The van der Waals surface area contributed by atoms with E-state index in [1.165, 1.54) is 28.3 Å². The molecule has 1 amide bonds. The summed E-state index contributed by atoms with van der Waals surface area (Å²) in [5, 5.41) is 1.73. The molecule has 138 valence electrons. The Morgan fingerprint density at radius 3 is 2.48 bits per heavy atom. The van der Waals surface area contributed by atoms with Gasteiger partial charge in [-0.15, -0.1) is 11.3 Å². The Bertz CT molecular complexity index is 1070. The molecule has 1 aliphatic heterocycles. The predicted molar refractivity (Wildman–Crippen MR) is 108 cm³/mol. The fourth-order valence-electron chi connectivity index (χ4n) is 3.20. The molecule has 1 aromatic heterocycles. The molecule has 2 aromatic carbocycles. The number of para-hydroxylation sites is 1. The van der Waals surface area contributed by atoms with Gasteiger partial charge in [-0.2, -0.15) is 0 Å². The number of fused-ring (bicyclic) bond motifs is 1. The summed E-state index contributed by atoms with van der Waals surface area (Å²) in [5.74, 6) is -0.0738. The number of hydrogen-bond acceptors (Lipinski definition) is 4. The summed E-state index contributed by atoms with van der Waals surface area (Å²) in [6.45, 7) is 0.659. The van der Waals surface area contributed by atoms with E-state index in [2.05, 4.69) is 0 Å².